The summed E-state index contributed by atoms with van der Waals surface area (Å²) in [6.07, 6.45) is 1.19. The Kier molecular flexibility index (Phi) is 5.08. The molecule has 2 rings (SSSR count). The summed E-state index contributed by atoms with van der Waals surface area (Å²) >= 11 is 0. The third kappa shape index (κ3) is 3.98. The Bertz CT molecular complexity index is 643. The summed E-state index contributed by atoms with van der Waals surface area (Å²) in [7, 11) is -1.50. The zero-order chi connectivity index (χ0) is 16.3. The van der Waals surface area contributed by atoms with Gasteiger partial charge in [0.25, 0.3) is 0 Å². The third-order valence-electron chi connectivity index (χ3n) is 4.03. The molecule has 22 heavy (non-hydrogen) atoms. The number of aliphatic carboxylic acids is 1. The second kappa shape index (κ2) is 6.66. The zero-order valence-electron chi connectivity index (χ0n) is 12.7. The summed E-state index contributed by atoms with van der Waals surface area (Å²) in [5.74, 6) is -0.914. The van der Waals surface area contributed by atoms with Gasteiger partial charge in [0.1, 0.15) is 15.6 Å². The van der Waals surface area contributed by atoms with Crippen molar-refractivity contribution in [2.75, 3.05) is 38.8 Å². The van der Waals surface area contributed by atoms with E-state index in [1.807, 2.05) is 29.2 Å². The predicted octanol–water partition coefficient (Wildman–Crippen LogP) is 0.840. The molecule has 1 aromatic rings. The Labute approximate surface area is 130 Å². The number of nitrogens with zero attached hydrogens (tertiary/aromatic N) is 1. The van der Waals surface area contributed by atoms with Crippen LogP contribution in [0.25, 0.3) is 0 Å². The summed E-state index contributed by atoms with van der Waals surface area (Å²) in [5, 5.41) is 9.47. The average molecular weight is 327 g/mol. The zero-order valence-corrected chi connectivity index (χ0v) is 13.5. The lowest BCUT2D eigenvalue weighted by Crippen LogP contribution is -2.28. The van der Waals surface area contributed by atoms with Crippen LogP contribution in [0.4, 0.5) is 0 Å². The molecular formula is C15H21NO5S. The SMILES string of the molecule is COc1ccccc1[C@@H]1CN(CCS(C)(=O)=O)C[C@H]1C(=O)O. The number of carboxylic acids is 1. The van der Waals surface area contributed by atoms with Crippen LogP contribution in [-0.2, 0) is 14.6 Å². The highest BCUT2D eigenvalue weighted by atomic mass is 32.2. The lowest BCUT2D eigenvalue weighted by Gasteiger charge is -2.18. The molecule has 122 valence electrons. The minimum Gasteiger partial charge on any atom is -0.496 e. The van der Waals surface area contributed by atoms with E-state index in [0.717, 1.165) is 5.56 Å². The van der Waals surface area contributed by atoms with Gasteiger partial charge in [-0.15, -0.1) is 0 Å². The second-order valence-corrected chi connectivity index (χ2v) is 7.94. The molecule has 0 unspecified atom stereocenters. The van der Waals surface area contributed by atoms with Gasteiger partial charge in [0, 0.05) is 31.8 Å². The number of sulfone groups is 1. The standard InChI is InChI=1S/C15H21NO5S/c1-21-14-6-4-3-5-11(14)12-9-16(7-8-22(2,19)20)10-13(12)15(17)18/h3-6,12-13H,7-10H2,1-2H3,(H,17,18)/t12-,13+/m0/s1. The van der Waals surface area contributed by atoms with Crippen molar-refractivity contribution in [3.63, 3.8) is 0 Å². The van der Waals surface area contributed by atoms with Crippen LogP contribution in [0.15, 0.2) is 24.3 Å². The van der Waals surface area contributed by atoms with Crippen molar-refractivity contribution in [1.29, 1.82) is 0 Å². The molecule has 1 aliphatic rings. The highest BCUT2D eigenvalue weighted by Crippen LogP contribution is 2.37. The number of likely N-dealkylation sites (tertiary alicyclic amines) is 1. The van der Waals surface area contributed by atoms with Gasteiger partial charge in [-0.1, -0.05) is 18.2 Å². The molecule has 1 fully saturated rings. The van der Waals surface area contributed by atoms with Crippen LogP contribution in [0.2, 0.25) is 0 Å². The predicted molar refractivity (Wildman–Crippen MR) is 83.0 cm³/mol. The Morgan fingerprint density at radius 3 is 2.64 bits per heavy atom. The van der Waals surface area contributed by atoms with E-state index < -0.39 is 21.7 Å². The van der Waals surface area contributed by atoms with Crippen molar-refractivity contribution in [1.82, 2.24) is 4.90 Å². The van der Waals surface area contributed by atoms with E-state index in [4.69, 9.17) is 4.74 Å². The molecule has 0 aliphatic carbocycles. The normalized spacial score (nSPS) is 22.6. The third-order valence-corrected chi connectivity index (χ3v) is 4.95. The maximum atomic E-state index is 11.5. The summed E-state index contributed by atoms with van der Waals surface area (Å²) in [6.45, 7) is 1.23. The van der Waals surface area contributed by atoms with Crippen LogP contribution in [0.5, 0.6) is 5.75 Å². The fourth-order valence-electron chi connectivity index (χ4n) is 2.90. The van der Waals surface area contributed by atoms with Gasteiger partial charge in [-0.25, -0.2) is 8.42 Å². The van der Waals surface area contributed by atoms with E-state index in [1.54, 1.807) is 7.11 Å². The van der Waals surface area contributed by atoms with Crippen LogP contribution < -0.4 is 4.74 Å². The van der Waals surface area contributed by atoms with Gasteiger partial charge in [0.15, 0.2) is 0 Å². The van der Waals surface area contributed by atoms with Gasteiger partial charge >= 0.3 is 5.97 Å². The van der Waals surface area contributed by atoms with Gasteiger partial charge in [0.2, 0.25) is 0 Å². The van der Waals surface area contributed by atoms with Crippen LogP contribution >= 0.6 is 0 Å². The summed E-state index contributed by atoms with van der Waals surface area (Å²) in [4.78, 5) is 13.4. The van der Waals surface area contributed by atoms with Crippen LogP contribution in [-0.4, -0.2) is 63.1 Å². The smallest absolute Gasteiger partial charge is 0.308 e. The lowest BCUT2D eigenvalue weighted by molar-refractivity contribution is -0.141. The van der Waals surface area contributed by atoms with Crippen molar-refractivity contribution in [2.45, 2.75) is 5.92 Å². The molecule has 1 aromatic carbocycles. The molecule has 1 saturated heterocycles. The monoisotopic (exact) mass is 327 g/mol. The second-order valence-electron chi connectivity index (χ2n) is 5.68. The first-order valence-electron chi connectivity index (χ1n) is 7.07. The van der Waals surface area contributed by atoms with E-state index >= 15 is 0 Å². The Morgan fingerprint density at radius 2 is 2.05 bits per heavy atom. The molecule has 0 aromatic heterocycles. The maximum Gasteiger partial charge on any atom is 0.308 e. The van der Waals surface area contributed by atoms with Gasteiger partial charge in [-0.2, -0.15) is 0 Å². The highest BCUT2D eigenvalue weighted by Gasteiger charge is 2.39. The highest BCUT2D eigenvalue weighted by molar-refractivity contribution is 7.90. The van der Waals surface area contributed by atoms with E-state index in [2.05, 4.69) is 0 Å². The van der Waals surface area contributed by atoms with E-state index in [0.29, 0.717) is 25.4 Å². The molecule has 0 saturated carbocycles. The molecule has 0 bridgehead atoms. The number of para-hydroxylation sites is 1. The molecule has 1 N–H and O–H groups in total. The molecule has 0 radical (unpaired) electrons. The number of rotatable bonds is 6. The van der Waals surface area contributed by atoms with E-state index in [1.165, 1.54) is 6.26 Å². The van der Waals surface area contributed by atoms with E-state index in [-0.39, 0.29) is 11.7 Å². The fourth-order valence-corrected chi connectivity index (χ4v) is 3.49. The first-order chi connectivity index (χ1) is 10.3. The number of hydrogen-bond donors (Lipinski definition) is 1. The number of carboxylic acid groups (broad SMARTS) is 1. The molecule has 0 spiro atoms. The first kappa shape index (κ1) is 16.8. The molecule has 6 nitrogen and oxygen atoms in total. The molecule has 7 heteroatoms. The van der Waals surface area contributed by atoms with Crippen LogP contribution in [0.3, 0.4) is 0 Å². The number of methoxy groups -OCH3 is 1. The van der Waals surface area contributed by atoms with Gasteiger partial charge < -0.3 is 14.7 Å². The number of hydrogen-bond acceptors (Lipinski definition) is 5. The van der Waals surface area contributed by atoms with Crippen molar-refractivity contribution in [3.05, 3.63) is 29.8 Å². The largest absolute Gasteiger partial charge is 0.496 e. The van der Waals surface area contributed by atoms with Crippen molar-refractivity contribution < 1.29 is 23.1 Å². The van der Waals surface area contributed by atoms with Gasteiger partial charge in [-0.05, 0) is 11.6 Å². The quantitative estimate of drug-likeness (QED) is 0.833. The van der Waals surface area contributed by atoms with Crippen molar-refractivity contribution >= 4 is 15.8 Å². The Balaban J connectivity index is 2.20. The Hall–Kier alpha value is -1.60. The van der Waals surface area contributed by atoms with Crippen LogP contribution in [0, 0.1) is 5.92 Å². The molecule has 2 atom stereocenters. The molecular weight excluding hydrogens is 306 g/mol. The minimum atomic E-state index is -3.06. The first-order valence-corrected chi connectivity index (χ1v) is 9.13. The average Bonchev–Trinajstić information content (AvgIpc) is 2.88. The number of ether oxygens (including phenoxy) is 1. The molecule has 1 aliphatic heterocycles. The molecule has 1 heterocycles. The maximum absolute atomic E-state index is 11.5. The number of benzene rings is 1. The lowest BCUT2D eigenvalue weighted by atomic mass is 9.88. The summed E-state index contributed by atoms with van der Waals surface area (Å²) in [6, 6.07) is 7.39. The van der Waals surface area contributed by atoms with Crippen LogP contribution in [0.1, 0.15) is 11.5 Å². The van der Waals surface area contributed by atoms with Crippen molar-refractivity contribution in [2.24, 2.45) is 5.92 Å². The van der Waals surface area contributed by atoms with Gasteiger partial charge in [0.05, 0.1) is 18.8 Å². The minimum absolute atomic E-state index is 0.0397. The fraction of sp³-hybridized carbons (Fsp3) is 0.533. The van der Waals surface area contributed by atoms with Gasteiger partial charge in [-0.3, -0.25) is 4.79 Å². The number of carbonyl (C=O) groups is 1. The topological polar surface area (TPSA) is 83.9 Å². The molecule has 0 amide bonds. The Morgan fingerprint density at radius 1 is 1.36 bits per heavy atom. The van der Waals surface area contributed by atoms with Crippen molar-refractivity contribution in [3.8, 4) is 5.75 Å². The summed E-state index contributed by atoms with van der Waals surface area (Å²) in [5.41, 5.74) is 0.860. The summed E-state index contributed by atoms with van der Waals surface area (Å²) < 4.78 is 27.9. The van der Waals surface area contributed by atoms with E-state index in [9.17, 15) is 18.3 Å².